The van der Waals surface area contributed by atoms with Crippen LogP contribution < -0.4 is 31.3 Å². The SMILES string of the molecule is CCC[C@H](NC(=O)[C@H](Cc1ccc(CS(=O)(=O)O)cc1)NC(=O)c1cc(/C=C/C(=O)OC(C)(C)C)cc(OC)c1)C(=O)N1CCC[C@H]1C(=O)N[C@@H](Cc1cccc2ccccc12)C(=O)N[C@@H](CCCC(=O)O)C(=O)NC(C)(C)C. The van der Waals surface area contributed by atoms with Gasteiger partial charge in [-0.1, -0.05) is 80.1 Å². The van der Waals surface area contributed by atoms with Gasteiger partial charge < -0.3 is 46.1 Å². The van der Waals surface area contributed by atoms with Gasteiger partial charge in [-0.25, -0.2) is 4.79 Å². The molecule has 21 heteroatoms. The summed E-state index contributed by atoms with van der Waals surface area (Å²) in [6.07, 6.45) is 3.42. The first kappa shape index (κ1) is 62.2. The summed E-state index contributed by atoms with van der Waals surface area (Å²) < 4.78 is 43.5. The van der Waals surface area contributed by atoms with Gasteiger partial charge in [0, 0.05) is 43.0 Å². The van der Waals surface area contributed by atoms with Crippen LogP contribution in [-0.4, -0.2) is 125 Å². The zero-order valence-electron chi connectivity index (χ0n) is 46.1. The molecule has 5 atom stereocenters. The summed E-state index contributed by atoms with van der Waals surface area (Å²) in [6.45, 7) is 12.4. The first-order valence-corrected chi connectivity index (χ1v) is 27.9. The Kier molecular flexibility index (Phi) is 21.9. The molecule has 0 radical (unpaired) electrons. The van der Waals surface area contributed by atoms with Gasteiger partial charge in [-0.3, -0.25) is 38.1 Å². The van der Waals surface area contributed by atoms with Gasteiger partial charge in [0.15, 0.2) is 0 Å². The van der Waals surface area contributed by atoms with E-state index in [1.807, 2.05) is 42.5 Å². The van der Waals surface area contributed by atoms with Crippen molar-refractivity contribution in [2.75, 3.05) is 13.7 Å². The van der Waals surface area contributed by atoms with Gasteiger partial charge in [0.25, 0.3) is 16.0 Å². The molecule has 0 spiro atoms. The zero-order chi connectivity index (χ0) is 58.2. The lowest BCUT2D eigenvalue weighted by Gasteiger charge is -2.31. The quantitative estimate of drug-likeness (QED) is 0.0242. The molecule has 5 rings (SSSR count). The van der Waals surface area contributed by atoms with Crippen LogP contribution in [0.2, 0.25) is 0 Å². The predicted molar refractivity (Wildman–Crippen MR) is 297 cm³/mol. The highest BCUT2D eigenvalue weighted by molar-refractivity contribution is 7.85. The number of likely N-dealkylation sites (tertiary alicyclic amines) is 1. The molecule has 0 unspecified atom stereocenters. The number of ether oxygens (including phenoxy) is 2. The van der Waals surface area contributed by atoms with Gasteiger partial charge in [-0.05, 0) is 131 Å². The lowest BCUT2D eigenvalue weighted by molar-refractivity contribution is -0.148. The Morgan fingerprint density at radius 2 is 1.41 bits per heavy atom. The summed E-state index contributed by atoms with van der Waals surface area (Å²) in [5.74, 6) is -6.08. The van der Waals surface area contributed by atoms with Crippen LogP contribution in [0.5, 0.6) is 5.75 Å². The fraction of sp³-hybridized carbons (Fsp3) is 0.448. The predicted octanol–water partition coefficient (Wildman–Crippen LogP) is 5.59. The van der Waals surface area contributed by atoms with E-state index in [-0.39, 0.29) is 68.4 Å². The van der Waals surface area contributed by atoms with Gasteiger partial charge in [0.1, 0.15) is 47.3 Å². The third-order valence-corrected chi connectivity index (χ3v) is 13.4. The van der Waals surface area contributed by atoms with Crippen molar-refractivity contribution in [3.8, 4) is 5.75 Å². The van der Waals surface area contributed by atoms with E-state index in [1.165, 1.54) is 60.6 Å². The number of fused-ring (bicyclic) bond motifs is 1. The monoisotopic (exact) mass is 1110 g/mol. The Balaban J connectivity index is 1.43. The number of nitrogens with zero attached hydrogens (tertiary/aromatic N) is 1. The highest BCUT2D eigenvalue weighted by Crippen LogP contribution is 2.24. The summed E-state index contributed by atoms with van der Waals surface area (Å²) in [6, 6.07) is 17.4. The third-order valence-electron chi connectivity index (χ3n) is 12.7. The second-order valence-corrected chi connectivity index (χ2v) is 23.1. The Morgan fingerprint density at radius 1 is 0.759 bits per heavy atom. The number of carboxylic acids is 1. The van der Waals surface area contributed by atoms with Gasteiger partial charge in [0.05, 0.1) is 7.11 Å². The number of methoxy groups -OCH3 is 1. The molecule has 0 saturated carbocycles. The molecule has 1 saturated heterocycles. The summed E-state index contributed by atoms with van der Waals surface area (Å²) in [5, 5.41) is 25.2. The fourth-order valence-electron chi connectivity index (χ4n) is 9.08. The standard InChI is InChI=1S/C58H74N6O14S/c1-9-15-45(60-52(69)46(32-36-23-25-37(26-24-36)35-79(74,75)76)61-51(68)41-30-38(31-42(33-41)77-8)27-28-50(67)78-58(5,6)7)56(73)64-29-14-21-48(64)55(72)62-47(34-40-18-12-17-39-16-10-11-19-43(39)40)53(70)59-44(20-13-22-49(65)66)54(71)63-57(2,3)4/h10-12,16-19,23-28,30-31,33,44-48H,9,13-15,20-22,29,32,34-35H2,1-8H3,(H,59,70)(H,60,69)(H,61,68)(H,62,72)(H,63,71)(H,65,66)(H,74,75,76)/b28-27+/t44-,45-,46-,47-,48-/m0/s1. The Labute approximate surface area is 461 Å². The van der Waals surface area contributed by atoms with Crippen LogP contribution in [-0.2, 0) is 67.0 Å². The molecule has 4 aromatic rings. The molecular formula is C58H74N6O14S. The van der Waals surface area contributed by atoms with E-state index in [4.69, 9.17) is 9.47 Å². The molecule has 6 amide bonds. The number of carbonyl (C=O) groups excluding carboxylic acids is 7. The molecule has 0 aromatic heterocycles. The highest BCUT2D eigenvalue weighted by atomic mass is 32.2. The first-order chi connectivity index (χ1) is 37.1. The number of amides is 6. The number of esters is 1. The minimum Gasteiger partial charge on any atom is -0.497 e. The molecule has 426 valence electrons. The maximum absolute atomic E-state index is 14.8. The van der Waals surface area contributed by atoms with Crippen LogP contribution in [0.15, 0.2) is 91.0 Å². The van der Waals surface area contributed by atoms with Crippen molar-refractivity contribution < 1.29 is 65.9 Å². The van der Waals surface area contributed by atoms with Crippen LogP contribution in [0.25, 0.3) is 16.8 Å². The highest BCUT2D eigenvalue weighted by Gasteiger charge is 2.40. The average Bonchev–Trinajstić information content (AvgIpc) is 3.88. The molecule has 7 N–H and O–H groups in total. The minimum atomic E-state index is -4.36. The number of nitrogens with one attached hydrogen (secondary N) is 5. The van der Waals surface area contributed by atoms with Crippen LogP contribution in [0.4, 0.5) is 0 Å². The smallest absolute Gasteiger partial charge is 0.331 e. The maximum Gasteiger partial charge on any atom is 0.331 e. The number of benzene rings is 4. The van der Waals surface area contributed by atoms with Crippen molar-refractivity contribution in [3.63, 3.8) is 0 Å². The molecule has 1 fully saturated rings. The second-order valence-electron chi connectivity index (χ2n) is 21.7. The van der Waals surface area contributed by atoms with E-state index in [2.05, 4.69) is 26.6 Å². The summed E-state index contributed by atoms with van der Waals surface area (Å²) >= 11 is 0. The summed E-state index contributed by atoms with van der Waals surface area (Å²) in [4.78, 5) is 111. The third kappa shape index (κ3) is 20.0. The Bertz CT molecular complexity index is 3000. The van der Waals surface area contributed by atoms with E-state index < -0.39 is 105 Å². The number of hydrogen-bond donors (Lipinski definition) is 7. The molecule has 79 heavy (non-hydrogen) atoms. The van der Waals surface area contributed by atoms with Crippen LogP contribution in [0, 0.1) is 0 Å². The number of carboxylic acid groups (broad SMARTS) is 1. The van der Waals surface area contributed by atoms with Gasteiger partial charge in [-0.2, -0.15) is 8.42 Å². The molecule has 1 aliphatic heterocycles. The molecule has 4 aromatic carbocycles. The van der Waals surface area contributed by atoms with E-state index in [1.54, 1.807) is 54.5 Å². The number of aliphatic carboxylic acids is 1. The lowest BCUT2D eigenvalue weighted by Crippen LogP contribution is -2.59. The first-order valence-electron chi connectivity index (χ1n) is 26.3. The molecular weight excluding hydrogens is 1040 g/mol. The molecule has 1 aliphatic rings. The van der Waals surface area contributed by atoms with Crippen LogP contribution in [0.1, 0.15) is 126 Å². The van der Waals surface area contributed by atoms with E-state index in [0.717, 1.165) is 10.8 Å². The normalized spacial score (nSPS) is 15.3. The van der Waals surface area contributed by atoms with E-state index in [0.29, 0.717) is 29.5 Å². The Hall–Kier alpha value is -7.65. The average molecular weight is 1110 g/mol. The molecule has 0 aliphatic carbocycles. The molecule has 0 bridgehead atoms. The fourth-order valence-corrected chi connectivity index (χ4v) is 9.69. The van der Waals surface area contributed by atoms with Gasteiger partial charge >= 0.3 is 11.9 Å². The van der Waals surface area contributed by atoms with Crippen molar-refractivity contribution in [1.82, 2.24) is 31.5 Å². The maximum atomic E-state index is 14.8. The number of carbonyl (C=O) groups is 8. The number of hydrogen-bond acceptors (Lipinski definition) is 12. The van der Waals surface area contributed by atoms with Gasteiger partial charge in [-0.15, -0.1) is 0 Å². The van der Waals surface area contributed by atoms with Crippen LogP contribution >= 0.6 is 0 Å². The van der Waals surface area contributed by atoms with E-state index in [9.17, 15) is 56.4 Å². The summed E-state index contributed by atoms with van der Waals surface area (Å²) in [5.41, 5.74) is 0.440. The molecule has 1 heterocycles. The van der Waals surface area contributed by atoms with Crippen molar-refractivity contribution >= 4 is 74.3 Å². The molecule has 20 nitrogen and oxygen atoms in total. The largest absolute Gasteiger partial charge is 0.497 e. The number of rotatable bonds is 25. The van der Waals surface area contributed by atoms with Crippen molar-refractivity contribution in [2.45, 2.75) is 153 Å². The van der Waals surface area contributed by atoms with E-state index >= 15 is 0 Å². The van der Waals surface area contributed by atoms with Crippen molar-refractivity contribution in [1.29, 1.82) is 0 Å². The minimum absolute atomic E-state index is 0.00485. The van der Waals surface area contributed by atoms with Crippen molar-refractivity contribution in [2.24, 2.45) is 0 Å². The van der Waals surface area contributed by atoms with Crippen molar-refractivity contribution in [3.05, 3.63) is 119 Å². The second kappa shape index (κ2) is 27.8. The lowest BCUT2D eigenvalue weighted by atomic mass is 9.97. The Morgan fingerprint density at radius 3 is 2.04 bits per heavy atom. The zero-order valence-corrected chi connectivity index (χ0v) is 46.9. The van der Waals surface area contributed by atoms with Gasteiger partial charge in [0.2, 0.25) is 29.5 Å². The van der Waals surface area contributed by atoms with Crippen LogP contribution in [0.3, 0.4) is 0 Å². The summed E-state index contributed by atoms with van der Waals surface area (Å²) in [7, 11) is -2.97. The topological polar surface area (TPSA) is 293 Å².